The molecule has 0 unspecified atom stereocenters. The fraction of sp³-hybridized carbons (Fsp3) is 0.750. The van der Waals surface area contributed by atoms with E-state index >= 15 is 0 Å². The molecule has 0 rings (SSSR count). The third-order valence-electron chi connectivity index (χ3n) is 0.576. The van der Waals surface area contributed by atoms with Crippen LogP contribution in [0.4, 0.5) is 0 Å². The molecule has 0 aromatic heterocycles. The monoisotopic (exact) mass is 404 g/mol. The SMILES string of the molecule is COC(C=O)OC.[PbH2].[Zr]. The standard InChI is InChI=1S/C4H8O3.Pb.Zr.2H/c1-6-4(3-5)7-2;;;;/h3-4H,1-2H3;;;;. The van der Waals surface area contributed by atoms with Crippen LogP contribution in [0.3, 0.4) is 0 Å². The van der Waals surface area contributed by atoms with Crippen LogP contribution in [-0.2, 0) is 40.5 Å². The molecule has 0 spiro atoms. The van der Waals surface area contributed by atoms with Crippen molar-refractivity contribution in [1.82, 2.24) is 0 Å². The van der Waals surface area contributed by atoms with Gasteiger partial charge in [-0.15, -0.1) is 0 Å². The number of carbonyl (C=O) groups excluding carboxylic acids is 1. The maximum Gasteiger partial charge on any atom is 0 e. The molecule has 2 radical (unpaired) electrons. The number of hydrogen-bond donors (Lipinski definition) is 0. The summed E-state index contributed by atoms with van der Waals surface area (Å²) in [5, 5.41) is 0. The minimum absolute atomic E-state index is 0. The van der Waals surface area contributed by atoms with Gasteiger partial charge in [0.05, 0.1) is 0 Å². The molecule has 0 bridgehead atoms. The predicted molar refractivity (Wildman–Crippen MR) is 32.4 cm³/mol. The van der Waals surface area contributed by atoms with E-state index in [4.69, 9.17) is 0 Å². The molecule has 0 aromatic carbocycles. The van der Waals surface area contributed by atoms with Crippen molar-refractivity contribution in [2.45, 2.75) is 6.29 Å². The molecule has 0 aromatic rings. The Morgan fingerprint density at radius 1 is 1.33 bits per heavy atom. The molecule has 0 saturated carbocycles. The fourth-order valence-corrected chi connectivity index (χ4v) is 0.207. The first kappa shape index (κ1) is 16.8. The van der Waals surface area contributed by atoms with Gasteiger partial charge in [0.25, 0.3) is 0 Å². The van der Waals surface area contributed by atoms with Gasteiger partial charge in [-0.3, -0.25) is 4.79 Å². The zero-order valence-corrected chi connectivity index (χ0v) is 13.5. The molecule has 0 atom stereocenters. The van der Waals surface area contributed by atoms with Crippen LogP contribution in [0.25, 0.3) is 0 Å². The third-order valence-corrected chi connectivity index (χ3v) is 0.576. The molecule has 0 N–H and O–H groups in total. The molecule has 9 heavy (non-hydrogen) atoms. The van der Waals surface area contributed by atoms with E-state index in [2.05, 4.69) is 9.47 Å². The Morgan fingerprint density at radius 3 is 1.67 bits per heavy atom. The van der Waals surface area contributed by atoms with Gasteiger partial charge in [-0.25, -0.2) is 0 Å². The molecule has 0 aliphatic heterocycles. The molecular formula is C4H10O3PbZr. The maximum absolute atomic E-state index is 9.72. The molecule has 0 aliphatic rings. The van der Waals surface area contributed by atoms with Gasteiger partial charge in [0, 0.05) is 40.4 Å². The molecular weight excluding hydrogens is 394 g/mol. The van der Waals surface area contributed by atoms with Gasteiger partial charge in [-0.2, -0.15) is 0 Å². The second-order valence-electron chi connectivity index (χ2n) is 0.976. The first-order valence-electron chi connectivity index (χ1n) is 1.86. The Kier molecular flexibility index (Phi) is 22.6. The average molecular weight is 405 g/mol. The quantitative estimate of drug-likeness (QED) is 0.340. The molecule has 0 aliphatic carbocycles. The number of ether oxygens (including phenoxy) is 2. The van der Waals surface area contributed by atoms with E-state index in [1.807, 2.05) is 0 Å². The molecule has 5 heteroatoms. The van der Waals surface area contributed by atoms with Crippen LogP contribution >= 0.6 is 0 Å². The van der Waals surface area contributed by atoms with E-state index in [1.54, 1.807) is 0 Å². The van der Waals surface area contributed by atoms with Gasteiger partial charge >= 0.3 is 27.3 Å². The van der Waals surface area contributed by atoms with E-state index in [-0.39, 0.29) is 53.5 Å². The van der Waals surface area contributed by atoms with Crippen LogP contribution in [0.2, 0.25) is 0 Å². The number of hydrogen-bond acceptors (Lipinski definition) is 3. The first-order chi connectivity index (χ1) is 3.35. The van der Waals surface area contributed by atoms with Crippen molar-refractivity contribution in [1.29, 1.82) is 0 Å². The minimum atomic E-state index is -0.694. The summed E-state index contributed by atoms with van der Waals surface area (Å²) >= 11 is 0. The van der Waals surface area contributed by atoms with E-state index in [9.17, 15) is 4.79 Å². The average Bonchev–Trinajstić information content (AvgIpc) is 1.72. The van der Waals surface area contributed by atoms with Crippen LogP contribution in [0.5, 0.6) is 0 Å². The van der Waals surface area contributed by atoms with Crippen molar-refractivity contribution in [2.24, 2.45) is 0 Å². The fourth-order valence-electron chi connectivity index (χ4n) is 0.207. The molecule has 3 nitrogen and oxygen atoms in total. The summed E-state index contributed by atoms with van der Waals surface area (Å²) in [6.45, 7) is 0. The summed E-state index contributed by atoms with van der Waals surface area (Å²) in [5.74, 6) is 0. The summed E-state index contributed by atoms with van der Waals surface area (Å²) in [7, 11) is 2.81. The van der Waals surface area contributed by atoms with Gasteiger partial charge in [-0.1, -0.05) is 0 Å². The summed E-state index contributed by atoms with van der Waals surface area (Å²) in [4.78, 5) is 9.72. The molecule has 0 fully saturated rings. The van der Waals surface area contributed by atoms with Gasteiger partial charge in [0.1, 0.15) is 0 Å². The topological polar surface area (TPSA) is 35.5 Å². The largest absolute Gasteiger partial charge is 0 e. The van der Waals surface area contributed by atoms with Crippen LogP contribution in [-0.4, -0.2) is 54.1 Å². The van der Waals surface area contributed by atoms with E-state index in [0.717, 1.165) is 0 Å². The smallest absolute Gasteiger partial charge is 0 e. The van der Waals surface area contributed by atoms with Crippen molar-refractivity contribution < 1.29 is 40.5 Å². The Bertz CT molecular complexity index is 57.8. The first-order valence-corrected chi connectivity index (χ1v) is 1.86. The van der Waals surface area contributed by atoms with Gasteiger partial charge in [0.15, 0.2) is 6.29 Å². The minimum Gasteiger partial charge on any atom is 0 e. The maximum atomic E-state index is 9.72. The van der Waals surface area contributed by atoms with Crippen molar-refractivity contribution >= 4 is 33.6 Å². The number of carbonyl (C=O) groups is 1. The van der Waals surface area contributed by atoms with Crippen LogP contribution in [0.15, 0.2) is 0 Å². The van der Waals surface area contributed by atoms with Crippen LogP contribution in [0, 0.1) is 0 Å². The second-order valence-corrected chi connectivity index (χ2v) is 0.976. The zero-order chi connectivity index (χ0) is 5.70. The van der Waals surface area contributed by atoms with Crippen molar-refractivity contribution in [3.8, 4) is 0 Å². The third kappa shape index (κ3) is 9.40. The van der Waals surface area contributed by atoms with Crippen molar-refractivity contribution in [2.75, 3.05) is 14.2 Å². The Hall–Kier alpha value is 1.40. The predicted octanol–water partition coefficient (Wildman–Crippen LogP) is -1.11. The Morgan fingerprint density at radius 2 is 1.67 bits per heavy atom. The summed E-state index contributed by atoms with van der Waals surface area (Å²) in [6, 6.07) is 0. The van der Waals surface area contributed by atoms with Crippen molar-refractivity contribution in [3.63, 3.8) is 0 Å². The zero-order valence-electron chi connectivity index (χ0n) is 5.59. The van der Waals surface area contributed by atoms with Crippen LogP contribution < -0.4 is 0 Å². The Labute approximate surface area is 93.8 Å². The van der Waals surface area contributed by atoms with E-state index in [0.29, 0.717) is 6.29 Å². The Balaban J connectivity index is -0.000000180. The van der Waals surface area contributed by atoms with Gasteiger partial charge in [-0.05, 0) is 0 Å². The number of methoxy groups -OCH3 is 2. The van der Waals surface area contributed by atoms with Gasteiger partial charge in [0.2, 0.25) is 6.29 Å². The second kappa shape index (κ2) is 12.1. The number of rotatable bonds is 3. The van der Waals surface area contributed by atoms with Gasteiger partial charge < -0.3 is 9.47 Å². The van der Waals surface area contributed by atoms with E-state index in [1.165, 1.54) is 14.2 Å². The van der Waals surface area contributed by atoms with Crippen LogP contribution in [0.1, 0.15) is 0 Å². The van der Waals surface area contributed by atoms with Crippen molar-refractivity contribution in [3.05, 3.63) is 0 Å². The molecule has 0 saturated heterocycles. The summed E-state index contributed by atoms with van der Waals surface area (Å²) in [5.41, 5.74) is 0. The normalized spacial score (nSPS) is 7.44. The molecule has 52 valence electrons. The molecule has 0 heterocycles. The number of aldehydes is 1. The summed E-state index contributed by atoms with van der Waals surface area (Å²) in [6.07, 6.45) is -0.111. The molecule has 0 amide bonds. The van der Waals surface area contributed by atoms with E-state index < -0.39 is 6.29 Å². The summed E-state index contributed by atoms with van der Waals surface area (Å²) < 4.78 is 8.92.